The van der Waals surface area contributed by atoms with Crippen LogP contribution >= 0.6 is 0 Å². The first-order valence-electron chi connectivity index (χ1n) is 6.99. The van der Waals surface area contributed by atoms with Crippen LogP contribution in [0.15, 0.2) is 60.8 Å². The summed E-state index contributed by atoms with van der Waals surface area (Å²) >= 11 is 0. The highest BCUT2D eigenvalue weighted by molar-refractivity contribution is 7.89. The molecule has 1 aromatic heterocycles. The van der Waals surface area contributed by atoms with Gasteiger partial charge in [-0.05, 0) is 11.1 Å². The number of aromatic nitrogens is 3. The van der Waals surface area contributed by atoms with Gasteiger partial charge in [0.1, 0.15) is 5.69 Å². The maximum absolute atomic E-state index is 11.5. The Morgan fingerprint density at radius 3 is 2.35 bits per heavy atom. The van der Waals surface area contributed by atoms with Crippen molar-refractivity contribution in [2.24, 2.45) is 0 Å². The molecule has 0 aliphatic rings. The minimum Gasteiger partial charge on any atom is -0.205 e. The van der Waals surface area contributed by atoms with Gasteiger partial charge in [0.05, 0.1) is 12.5 Å². The molecular formula is C17H15N3O2S. The predicted octanol–water partition coefficient (Wildman–Crippen LogP) is 2.92. The van der Waals surface area contributed by atoms with Crippen LogP contribution in [0.3, 0.4) is 0 Å². The molecule has 0 aliphatic carbocycles. The summed E-state index contributed by atoms with van der Waals surface area (Å²) in [5, 5.41) is 7.65. The fraction of sp³-hybridized carbons (Fsp3) is 0.0588. The maximum atomic E-state index is 11.5. The molecule has 0 saturated carbocycles. The first-order valence-corrected chi connectivity index (χ1v) is 8.84. The number of nitrogens with zero attached hydrogens (tertiary/aromatic N) is 3. The van der Waals surface area contributed by atoms with Crippen LogP contribution < -0.4 is 0 Å². The number of benzene rings is 2. The van der Waals surface area contributed by atoms with Crippen molar-refractivity contribution < 1.29 is 8.42 Å². The highest BCUT2D eigenvalue weighted by Crippen LogP contribution is 2.23. The normalized spacial score (nSPS) is 11.9. The van der Waals surface area contributed by atoms with E-state index < -0.39 is 10.0 Å². The van der Waals surface area contributed by atoms with E-state index in [1.165, 1.54) is 6.20 Å². The third-order valence-corrected chi connectivity index (χ3v) is 4.16. The molecule has 116 valence electrons. The molecule has 1 heterocycles. The molecule has 2 aromatic carbocycles. The minimum absolute atomic E-state index is 0.517. The van der Waals surface area contributed by atoms with Crippen molar-refractivity contribution in [1.29, 1.82) is 0 Å². The molecule has 0 atom stereocenters. The van der Waals surface area contributed by atoms with Crippen LogP contribution in [0.4, 0.5) is 0 Å². The van der Waals surface area contributed by atoms with Gasteiger partial charge in [-0.2, -0.15) is 0 Å². The second-order valence-corrected chi connectivity index (χ2v) is 6.91. The van der Waals surface area contributed by atoms with Crippen LogP contribution in [0.2, 0.25) is 0 Å². The highest BCUT2D eigenvalue weighted by Gasteiger charge is 2.12. The molecule has 6 heteroatoms. The second-order valence-electron chi connectivity index (χ2n) is 5.07. The predicted molar refractivity (Wildman–Crippen MR) is 91.1 cm³/mol. The Kier molecular flexibility index (Phi) is 4.08. The Balaban J connectivity index is 1.98. The van der Waals surface area contributed by atoms with Crippen LogP contribution in [-0.4, -0.2) is 29.1 Å². The summed E-state index contributed by atoms with van der Waals surface area (Å²) in [5.41, 5.74) is 3.37. The summed E-state index contributed by atoms with van der Waals surface area (Å²) in [4.78, 5) is 0. The largest absolute Gasteiger partial charge is 0.252 e. The quantitative estimate of drug-likeness (QED) is 0.692. The smallest absolute Gasteiger partial charge is 0.205 e. The highest BCUT2D eigenvalue weighted by atomic mass is 32.2. The summed E-state index contributed by atoms with van der Waals surface area (Å²) in [6.07, 6.45) is 6.49. The third kappa shape index (κ3) is 3.54. The Hall–Kier alpha value is -2.73. The summed E-state index contributed by atoms with van der Waals surface area (Å²) in [5.74, 6) is 0. The fourth-order valence-corrected chi connectivity index (χ4v) is 2.62. The molecule has 0 N–H and O–H groups in total. The van der Waals surface area contributed by atoms with E-state index in [2.05, 4.69) is 10.3 Å². The van der Waals surface area contributed by atoms with Crippen molar-refractivity contribution in [1.82, 2.24) is 14.4 Å². The van der Waals surface area contributed by atoms with Gasteiger partial charge in [0.2, 0.25) is 0 Å². The van der Waals surface area contributed by atoms with E-state index in [9.17, 15) is 8.42 Å². The molecule has 0 bridgehead atoms. The summed E-state index contributed by atoms with van der Waals surface area (Å²) in [7, 11) is -3.43. The lowest BCUT2D eigenvalue weighted by Crippen LogP contribution is -2.10. The van der Waals surface area contributed by atoms with E-state index >= 15 is 0 Å². The lowest BCUT2D eigenvalue weighted by molar-refractivity contribution is 0.583. The summed E-state index contributed by atoms with van der Waals surface area (Å²) < 4.78 is 23.9. The molecule has 3 aromatic rings. The van der Waals surface area contributed by atoms with Gasteiger partial charge in [0, 0.05) is 5.56 Å². The molecule has 0 radical (unpaired) electrons. The molecule has 23 heavy (non-hydrogen) atoms. The summed E-state index contributed by atoms with van der Waals surface area (Å²) in [6, 6.07) is 17.6. The number of hydrogen-bond acceptors (Lipinski definition) is 4. The van der Waals surface area contributed by atoms with E-state index in [4.69, 9.17) is 0 Å². The third-order valence-electron chi connectivity index (χ3n) is 3.30. The molecular weight excluding hydrogens is 310 g/mol. The zero-order chi connectivity index (χ0) is 16.3. The molecule has 0 fully saturated rings. The monoisotopic (exact) mass is 325 g/mol. The van der Waals surface area contributed by atoms with Crippen LogP contribution in [0.1, 0.15) is 11.1 Å². The molecule has 0 unspecified atom stereocenters. The van der Waals surface area contributed by atoms with Gasteiger partial charge in [-0.25, -0.2) is 8.42 Å². The Labute approximate surface area is 135 Å². The molecule has 0 spiro atoms. The van der Waals surface area contributed by atoms with Crippen molar-refractivity contribution in [3.8, 4) is 11.3 Å². The van der Waals surface area contributed by atoms with Gasteiger partial charge >= 0.3 is 0 Å². The summed E-state index contributed by atoms with van der Waals surface area (Å²) in [6.45, 7) is 0. The standard InChI is InChI=1S/C17H15N3O2S/c1-23(21,22)20-13-17(18-19-20)16-10-6-5-9-15(16)12-11-14-7-3-2-4-8-14/h2-13H,1H3/b12-11+. The SMILES string of the molecule is CS(=O)(=O)n1cc(-c2ccccc2/C=C/c2ccccc2)nn1. The van der Waals surface area contributed by atoms with E-state index in [-0.39, 0.29) is 0 Å². The molecule has 3 rings (SSSR count). The van der Waals surface area contributed by atoms with Crippen molar-refractivity contribution in [3.05, 3.63) is 71.9 Å². The number of hydrogen-bond donors (Lipinski definition) is 0. The fourth-order valence-electron chi connectivity index (χ4n) is 2.16. The van der Waals surface area contributed by atoms with E-state index in [1.54, 1.807) is 0 Å². The van der Waals surface area contributed by atoms with E-state index in [0.29, 0.717) is 5.69 Å². The van der Waals surface area contributed by atoms with Gasteiger partial charge in [0.25, 0.3) is 10.0 Å². The van der Waals surface area contributed by atoms with Crippen LogP contribution in [-0.2, 0) is 10.0 Å². The molecule has 0 amide bonds. The second kappa shape index (κ2) is 6.18. The van der Waals surface area contributed by atoms with Gasteiger partial charge in [0.15, 0.2) is 0 Å². The van der Waals surface area contributed by atoms with Gasteiger partial charge in [-0.3, -0.25) is 0 Å². The molecule has 0 saturated heterocycles. The van der Waals surface area contributed by atoms with Gasteiger partial charge in [-0.1, -0.05) is 72.0 Å². The maximum Gasteiger partial charge on any atom is 0.252 e. The number of rotatable bonds is 4. The van der Waals surface area contributed by atoms with Crippen molar-refractivity contribution >= 4 is 22.2 Å². The zero-order valence-electron chi connectivity index (χ0n) is 12.5. The average molecular weight is 325 g/mol. The first-order chi connectivity index (χ1) is 11.0. The Bertz CT molecular complexity index is 945. The van der Waals surface area contributed by atoms with Crippen LogP contribution in [0.5, 0.6) is 0 Å². The van der Waals surface area contributed by atoms with Crippen molar-refractivity contribution in [2.75, 3.05) is 6.26 Å². The minimum atomic E-state index is -3.43. The van der Waals surface area contributed by atoms with Crippen LogP contribution in [0, 0.1) is 0 Å². The van der Waals surface area contributed by atoms with E-state index in [1.807, 2.05) is 66.7 Å². The molecule has 0 aliphatic heterocycles. The first kappa shape index (κ1) is 15.2. The lowest BCUT2D eigenvalue weighted by Gasteiger charge is -2.02. The van der Waals surface area contributed by atoms with Crippen LogP contribution in [0.25, 0.3) is 23.4 Å². The van der Waals surface area contributed by atoms with Gasteiger partial charge < -0.3 is 0 Å². The lowest BCUT2D eigenvalue weighted by atomic mass is 10.0. The van der Waals surface area contributed by atoms with Crippen molar-refractivity contribution in [3.63, 3.8) is 0 Å². The Morgan fingerprint density at radius 1 is 0.957 bits per heavy atom. The van der Waals surface area contributed by atoms with Crippen molar-refractivity contribution in [2.45, 2.75) is 0 Å². The van der Waals surface area contributed by atoms with Gasteiger partial charge in [-0.15, -0.1) is 9.19 Å². The topological polar surface area (TPSA) is 64.8 Å². The van der Waals surface area contributed by atoms with E-state index in [0.717, 1.165) is 27.0 Å². The zero-order valence-corrected chi connectivity index (χ0v) is 13.3. The average Bonchev–Trinajstić information content (AvgIpc) is 3.04. The Morgan fingerprint density at radius 2 is 1.65 bits per heavy atom. The molecule has 5 nitrogen and oxygen atoms in total.